The summed E-state index contributed by atoms with van der Waals surface area (Å²) in [5.74, 6) is 0.819. The van der Waals surface area contributed by atoms with Gasteiger partial charge in [0.25, 0.3) is 0 Å². The third-order valence-electron chi connectivity index (χ3n) is 3.38. The molecule has 1 fully saturated rings. The van der Waals surface area contributed by atoms with E-state index in [0.29, 0.717) is 5.92 Å². The van der Waals surface area contributed by atoms with Gasteiger partial charge in [-0.05, 0) is 37.8 Å². The van der Waals surface area contributed by atoms with Crippen molar-refractivity contribution in [3.8, 4) is 0 Å². The van der Waals surface area contributed by atoms with E-state index in [1.54, 1.807) is 11.9 Å². The number of hydrogen-bond donors (Lipinski definition) is 0. The van der Waals surface area contributed by atoms with Gasteiger partial charge in [-0.1, -0.05) is 11.6 Å². The summed E-state index contributed by atoms with van der Waals surface area (Å²) >= 11 is 5.66. The first kappa shape index (κ1) is 13.5. The van der Waals surface area contributed by atoms with Crippen LogP contribution in [0.15, 0.2) is 12.1 Å². The monoisotopic (exact) mass is 278 g/mol. The van der Waals surface area contributed by atoms with Crippen molar-refractivity contribution in [2.75, 3.05) is 11.9 Å². The molecule has 1 aromatic rings. The fraction of sp³-hybridized carbons (Fsp3) is 0.583. The Kier molecular flexibility index (Phi) is 3.45. The average molecular weight is 279 g/mol. The van der Waals surface area contributed by atoms with Crippen molar-refractivity contribution >= 4 is 17.4 Å². The van der Waals surface area contributed by atoms with Gasteiger partial charge in [0.05, 0.1) is 5.56 Å². The lowest BCUT2D eigenvalue weighted by Gasteiger charge is -2.26. The minimum absolute atomic E-state index is 0.130. The van der Waals surface area contributed by atoms with E-state index in [0.717, 1.165) is 25.0 Å². The van der Waals surface area contributed by atoms with Crippen LogP contribution >= 0.6 is 11.6 Å². The lowest BCUT2D eigenvalue weighted by Crippen LogP contribution is -2.31. The van der Waals surface area contributed by atoms with E-state index >= 15 is 0 Å². The highest BCUT2D eigenvalue weighted by atomic mass is 35.5. The lowest BCUT2D eigenvalue weighted by molar-refractivity contribution is -0.137. The summed E-state index contributed by atoms with van der Waals surface area (Å²) in [5, 5.41) is -0.130. The molecule has 0 amide bonds. The highest BCUT2D eigenvalue weighted by Gasteiger charge is 2.34. The van der Waals surface area contributed by atoms with Crippen molar-refractivity contribution in [3.05, 3.63) is 22.8 Å². The van der Waals surface area contributed by atoms with Gasteiger partial charge in [-0.2, -0.15) is 13.2 Å². The average Bonchev–Trinajstić information content (AvgIpc) is 3.08. The van der Waals surface area contributed by atoms with Crippen molar-refractivity contribution in [1.29, 1.82) is 0 Å². The largest absolute Gasteiger partial charge is 0.416 e. The second-order valence-corrected chi connectivity index (χ2v) is 5.11. The zero-order valence-corrected chi connectivity index (χ0v) is 10.9. The van der Waals surface area contributed by atoms with Crippen molar-refractivity contribution in [2.24, 2.45) is 5.92 Å². The second-order valence-electron chi connectivity index (χ2n) is 4.72. The van der Waals surface area contributed by atoms with Gasteiger partial charge in [0.2, 0.25) is 0 Å². The Morgan fingerprint density at radius 3 is 2.50 bits per heavy atom. The van der Waals surface area contributed by atoms with Crippen LogP contribution < -0.4 is 4.90 Å². The maximum atomic E-state index is 12.7. The minimum Gasteiger partial charge on any atom is -0.357 e. The Labute approximate surface area is 109 Å². The van der Waals surface area contributed by atoms with Gasteiger partial charge in [-0.25, -0.2) is 4.98 Å². The molecule has 0 radical (unpaired) electrons. The van der Waals surface area contributed by atoms with Crippen LogP contribution in [0.5, 0.6) is 0 Å². The molecule has 18 heavy (non-hydrogen) atoms. The topological polar surface area (TPSA) is 16.1 Å². The Morgan fingerprint density at radius 1 is 1.39 bits per heavy atom. The molecule has 1 atom stereocenters. The Bertz CT molecular complexity index is 443. The molecule has 1 heterocycles. The van der Waals surface area contributed by atoms with Crippen LogP contribution in [0.1, 0.15) is 25.3 Å². The van der Waals surface area contributed by atoms with E-state index in [4.69, 9.17) is 11.6 Å². The van der Waals surface area contributed by atoms with Crippen molar-refractivity contribution < 1.29 is 13.2 Å². The summed E-state index contributed by atoms with van der Waals surface area (Å²) in [6.07, 6.45) is -2.15. The molecule has 0 aliphatic heterocycles. The van der Waals surface area contributed by atoms with E-state index in [-0.39, 0.29) is 17.0 Å². The molecule has 1 aliphatic rings. The van der Waals surface area contributed by atoms with Gasteiger partial charge in [0.1, 0.15) is 11.0 Å². The first-order chi connectivity index (χ1) is 8.29. The standard InChI is InChI=1S/C12H14ClF3N2/c1-7(8-3-4-8)18(2)11-6-9(12(14,15)16)5-10(13)17-11/h5-8H,3-4H2,1-2H3. The van der Waals surface area contributed by atoms with Crippen LogP contribution in [-0.2, 0) is 6.18 Å². The van der Waals surface area contributed by atoms with Crippen LogP contribution in [-0.4, -0.2) is 18.1 Å². The fourth-order valence-corrected chi connectivity index (χ4v) is 2.14. The van der Waals surface area contributed by atoms with Gasteiger partial charge < -0.3 is 4.90 Å². The predicted octanol–water partition coefficient (Wildman–Crippen LogP) is 3.99. The maximum absolute atomic E-state index is 12.7. The molecule has 1 unspecified atom stereocenters. The van der Waals surface area contributed by atoms with Crippen molar-refractivity contribution in [3.63, 3.8) is 0 Å². The third kappa shape index (κ3) is 2.88. The zero-order chi connectivity index (χ0) is 13.5. The van der Waals surface area contributed by atoms with Crippen LogP contribution in [0.25, 0.3) is 0 Å². The van der Waals surface area contributed by atoms with E-state index in [1.165, 1.54) is 0 Å². The molecule has 0 bridgehead atoms. The number of aromatic nitrogens is 1. The van der Waals surface area contributed by atoms with Gasteiger partial charge in [-0.3, -0.25) is 0 Å². The molecule has 1 aromatic heterocycles. The summed E-state index contributed by atoms with van der Waals surface area (Å²) in [5.41, 5.74) is -0.757. The van der Waals surface area contributed by atoms with E-state index in [1.807, 2.05) is 6.92 Å². The normalized spacial score (nSPS) is 17.7. The van der Waals surface area contributed by atoms with Crippen LogP contribution in [0.2, 0.25) is 5.15 Å². The Morgan fingerprint density at radius 2 is 2.00 bits per heavy atom. The van der Waals surface area contributed by atoms with Gasteiger partial charge in [0, 0.05) is 13.1 Å². The highest BCUT2D eigenvalue weighted by Crippen LogP contribution is 2.37. The Hall–Kier alpha value is -0.970. The molecule has 6 heteroatoms. The number of halogens is 4. The summed E-state index contributed by atoms with van der Waals surface area (Å²) in [7, 11) is 1.75. The SMILES string of the molecule is CC(C1CC1)N(C)c1cc(C(F)(F)F)cc(Cl)n1. The van der Waals surface area contributed by atoms with E-state index in [2.05, 4.69) is 4.98 Å². The summed E-state index contributed by atoms with van der Waals surface area (Å²) in [4.78, 5) is 5.73. The lowest BCUT2D eigenvalue weighted by atomic mass is 10.2. The summed E-state index contributed by atoms with van der Waals surface area (Å²) in [6, 6.07) is 2.07. The maximum Gasteiger partial charge on any atom is 0.416 e. The second kappa shape index (κ2) is 4.61. The first-order valence-electron chi connectivity index (χ1n) is 5.76. The molecule has 0 spiro atoms. The smallest absolute Gasteiger partial charge is 0.357 e. The fourth-order valence-electron chi connectivity index (χ4n) is 1.93. The van der Waals surface area contributed by atoms with Gasteiger partial charge >= 0.3 is 6.18 Å². The number of anilines is 1. The minimum atomic E-state index is -4.40. The van der Waals surface area contributed by atoms with E-state index < -0.39 is 11.7 Å². The molecule has 1 aliphatic carbocycles. The zero-order valence-electron chi connectivity index (χ0n) is 10.1. The molecule has 0 aromatic carbocycles. The van der Waals surface area contributed by atoms with E-state index in [9.17, 15) is 13.2 Å². The van der Waals surface area contributed by atoms with Gasteiger partial charge in [0.15, 0.2) is 0 Å². The molecule has 2 nitrogen and oxygen atoms in total. The number of pyridine rings is 1. The van der Waals surface area contributed by atoms with Crippen LogP contribution in [0.3, 0.4) is 0 Å². The molecule has 0 saturated heterocycles. The van der Waals surface area contributed by atoms with Crippen LogP contribution in [0, 0.1) is 5.92 Å². The number of rotatable bonds is 3. The third-order valence-corrected chi connectivity index (χ3v) is 3.58. The van der Waals surface area contributed by atoms with Gasteiger partial charge in [-0.15, -0.1) is 0 Å². The number of hydrogen-bond acceptors (Lipinski definition) is 2. The summed E-state index contributed by atoms with van der Waals surface area (Å²) < 4.78 is 38.0. The first-order valence-corrected chi connectivity index (χ1v) is 6.14. The molecular weight excluding hydrogens is 265 g/mol. The summed E-state index contributed by atoms with van der Waals surface area (Å²) in [6.45, 7) is 1.99. The molecule has 100 valence electrons. The van der Waals surface area contributed by atoms with Crippen LogP contribution in [0.4, 0.5) is 19.0 Å². The predicted molar refractivity (Wildman–Crippen MR) is 64.8 cm³/mol. The number of nitrogens with zero attached hydrogens (tertiary/aromatic N) is 2. The molecule has 1 saturated carbocycles. The molecule has 2 rings (SSSR count). The number of alkyl halides is 3. The highest BCUT2D eigenvalue weighted by molar-refractivity contribution is 6.29. The Balaban J connectivity index is 2.29. The van der Waals surface area contributed by atoms with Crippen molar-refractivity contribution in [2.45, 2.75) is 32.0 Å². The van der Waals surface area contributed by atoms with Crippen molar-refractivity contribution in [1.82, 2.24) is 4.98 Å². The molecular formula is C12H14ClF3N2. The quantitative estimate of drug-likeness (QED) is 0.777. The molecule has 0 N–H and O–H groups in total.